The zero-order valence-electron chi connectivity index (χ0n) is 15.8. The largest absolute Gasteiger partial charge is 0.372 e. The summed E-state index contributed by atoms with van der Waals surface area (Å²) in [7, 11) is 4.20. The summed E-state index contributed by atoms with van der Waals surface area (Å²) in [6.07, 6.45) is 2.16. The van der Waals surface area contributed by atoms with E-state index in [0.29, 0.717) is 0 Å². The first-order valence-corrected chi connectivity index (χ1v) is 8.89. The topological polar surface area (TPSA) is 31.0 Å². The third-order valence-corrected chi connectivity index (χ3v) is 5.48. The molecule has 3 heterocycles. The highest BCUT2D eigenvalue weighted by Gasteiger charge is 2.28. The molecule has 0 unspecified atom stereocenters. The molecule has 0 aliphatic rings. The third kappa shape index (κ3) is 1.75. The molecule has 0 N–H and O–H groups in total. The highest BCUT2D eigenvalue weighted by molar-refractivity contribution is 5.93. The van der Waals surface area contributed by atoms with Gasteiger partial charge in [0.2, 0.25) is 0 Å². The van der Waals surface area contributed by atoms with E-state index < -0.39 is 0 Å². The van der Waals surface area contributed by atoms with Gasteiger partial charge in [-0.3, -0.25) is 4.40 Å². The average molecular weight is 344 g/mol. The van der Waals surface area contributed by atoms with Crippen LogP contribution in [0.25, 0.3) is 33.8 Å². The lowest BCUT2D eigenvalue weighted by Crippen LogP contribution is -2.32. The van der Waals surface area contributed by atoms with E-state index >= 15 is 0 Å². The number of hydrogen-bond acceptors (Lipinski definition) is 1. The van der Waals surface area contributed by atoms with Crippen molar-refractivity contribution in [3.63, 3.8) is 0 Å². The fraction of sp³-hybridized carbons (Fsp3) is 0.238. The van der Waals surface area contributed by atoms with Crippen LogP contribution in [0.4, 0.5) is 0 Å². The maximum Gasteiger partial charge on any atom is 0.372 e. The Balaban J connectivity index is 2.10. The molecule has 5 nitrogen and oxygen atoms in total. The third-order valence-electron chi connectivity index (χ3n) is 5.48. The number of hydrogen-bond donors (Lipinski definition) is 0. The van der Waals surface area contributed by atoms with Crippen LogP contribution in [0.3, 0.4) is 0 Å². The van der Waals surface area contributed by atoms with Crippen molar-refractivity contribution < 1.29 is 4.57 Å². The second-order valence-corrected chi connectivity index (χ2v) is 7.21. The van der Waals surface area contributed by atoms with Crippen LogP contribution in [0.2, 0.25) is 0 Å². The quantitative estimate of drug-likeness (QED) is 0.428. The van der Waals surface area contributed by atoms with E-state index in [2.05, 4.69) is 95.6 Å². The number of benzene rings is 2. The van der Waals surface area contributed by atoms with Gasteiger partial charge in [0.15, 0.2) is 0 Å². The molecule has 0 amide bonds. The van der Waals surface area contributed by atoms with Gasteiger partial charge in [0, 0.05) is 0 Å². The predicted molar refractivity (Wildman–Crippen MR) is 104 cm³/mol. The lowest BCUT2D eigenvalue weighted by Gasteiger charge is -2.03. The van der Waals surface area contributed by atoms with Crippen molar-refractivity contribution in [2.24, 2.45) is 14.1 Å². The van der Waals surface area contributed by atoms with Gasteiger partial charge in [0.25, 0.3) is 5.78 Å². The Kier molecular flexibility index (Phi) is 2.91. The van der Waals surface area contributed by atoms with E-state index in [1.807, 2.05) is 0 Å². The van der Waals surface area contributed by atoms with E-state index in [-0.39, 0.29) is 0 Å². The van der Waals surface area contributed by atoms with Gasteiger partial charge in [-0.15, -0.1) is 0 Å². The van der Waals surface area contributed by atoms with Crippen LogP contribution in [0.15, 0.2) is 42.6 Å². The molecule has 0 saturated heterocycles. The summed E-state index contributed by atoms with van der Waals surface area (Å²) >= 11 is 0. The van der Waals surface area contributed by atoms with Crippen molar-refractivity contribution in [3.05, 3.63) is 59.4 Å². The van der Waals surface area contributed by atoms with Crippen molar-refractivity contribution in [2.75, 3.05) is 0 Å². The van der Waals surface area contributed by atoms with Crippen LogP contribution >= 0.6 is 0 Å². The van der Waals surface area contributed by atoms with Gasteiger partial charge in [0.05, 0.1) is 36.8 Å². The van der Waals surface area contributed by atoms with Gasteiger partial charge in [0.1, 0.15) is 11.2 Å². The highest BCUT2D eigenvalue weighted by atomic mass is 15.3. The summed E-state index contributed by atoms with van der Waals surface area (Å²) in [5.41, 5.74) is 8.26. The first-order chi connectivity index (χ1) is 12.5. The number of aromatic nitrogens is 5. The highest BCUT2D eigenvalue weighted by Crippen LogP contribution is 2.31. The summed E-state index contributed by atoms with van der Waals surface area (Å²) in [6.45, 7) is 6.42. The van der Waals surface area contributed by atoms with Crippen molar-refractivity contribution in [1.29, 1.82) is 0 Å². The molecule has 0 bridgehead atoms. The SMILES string of the molecule is Cc1cccc2c1nc1n(-c3n(C)c(C)c[n+]3C)c3c(C)cccc3n21. The summed E-state index contributed by atoms with van der Waals surface area (Å²) < 4.78 is 8.97. The normalized spacial score (nSPS) is 12.0. The van der Waals surface area contributed by atoms with Gasteiger partial charge >= 0.3 is 5.95 Å². The number of aryl methyl sites for hydroxylation is 4. The monoisotopic (exact) mass is 344 g/mol. The molecule has 0 fully saturated rings. The average Bonchev–Trinajstić information content (AvgIpc) is 3.20. The number of rotatable bonds is 1. The Hall–Kier alpha value is -3.08. The Labute approximate surface area is 151 Å². The van der Waals surface area contributed by atoms with E-state index in [0.717, 1.165) is 22.8 Å². The van der Waals surface area contributed by atoms with Gasteiger partial charge in [-0.25, -0.2) is 9.13 Å². The molecule has 5 heteroatoms. The maximum atomic E-state index is 5.06. The van der Waals surface area contributed by atoms with Crippen molar-refractivity contribution in [2.45, 2.75) is 20.8 Å². The molecular formula is C21H22N5+. The van der Waals surface area contributed by atoms with Crippen LogP contribution in [0, 0.1) is 20.8 Å². The maximum absolute atomic E-state index is 5.06. The van der Waals surface area contributed by atoms with E-state index in [9.17, 15) is 0 Å². The zero-order chi connectivity index (χ0) is 18.2. The Morgan fingerprint density at radius 1 is 0.923 bits per heavy atom. The standard InChI is InChI=1S/C21H22N5/c1-13-8-6-10-16-18(13)22-20-25(16)17-11-7-9-14(2)19(17)26(20)21-23(4)12-15(3)24(21)5/h6-12H,1-5H3/q+1. The molecule has 26 heavy (non-hydrogen) atoms. The van der Waals surface area contributed by atoms with Gasteiger partial charge in [-0.05, 0) is 44.0 Å². The van der Waals surface area contributed by atoms with Crippen LogP contribution in [0.5, 0.6) is 0 Å². The van der Waals surface area contributed by atoms with Crippen LogP contribution in [0.1, 0.15) is 16.8 Å². The Morgan fingerprint density at radius 2 is 1.62 bits per heavy atom. The van der Waals surface area contributed by atoms with Crippen LogP contribution in [-0.2, 0) is 14.1 Å². The van der Waals surface area contributed by atoms with E-state index in [4.69, 9.17) is 4.98 Å². The van der Waals surface area contributed by atoms with Crippen molar-refractivity contribution >= 4 is 27.8 Å². The van der Waals surface area contributed by atoms with E-state index in [1.54, 1.807) is 0 Å². The molecule has 0 aliphatic carbocycles. The summed E-state index contributed by atoms with van der Waals surface area (Å²) in [6, 6.07) is 12.9. The molecule has 0 spiro atoms. The minimum absolute atomic E-state index is 0.954. The lowest BCUT2D eigenvalue weighted by atomic mass is 10.2. The minimum Gasteiger partial charge on any atom is -0.261 e. The lowest BCUT2D eigenvalue weighted by molar-refractivity contribution is -0.664. The fourth-order valence-corrected chi connectivity index (χ4v) is 4.15. The number of nitrogens with zero attached hydrogens (tertiary/aromatic N) is 5. The smallest absolute Gasteiger partial charge is 0.261 e. The van der Waals surface area contributed by atoms with Gasteiger partial charge in [-0.1, -0.05) is 24.3 Å². The molecule has 0 saturated carbocycles. The van der Waals surface area contributed by atoms with Crippen LogP contribution in [-0.4, -0.2) is 18.5 Å². The molecule has 5 rings (SSSR count). The number of para-hydroxylation sites is 2. The Morgan fingerprint density at radius 3 is 2.31 bits per heavy atom. The predicted octanol–water partition coefficient (Wildman–Crippen LogP) is 3.52. The molecule has 0 aliphatic heterocycles. The molecule has 0 atom stereocenters. The zero-order valence-corrected chi connectivity index (χ0v) is 15.8. The molecular weight excluding hydrogens is 322 g/mol. The minimum atomic E-state index is 0.954. The fourth-order valence-electron chi connectivity index (χ4n) is 4.15. The van der Waals surface area contributed by atoms with Crippen molar-refractivity contribution in [1.82, 2.24) is 18.5 Å². The first kappa shape index (κ1) is 15.2. The molecule has 2 aromatic carbocycles. The second kappa shape index (κ2) is 4.97. The molecule has 0 radical (unpaired) electrons. The van der Waals surface area contributed by atoms with Gasteiger partial charge in [-0.2, -0.15) is 9.55 Å². The number of fused-ring (bicyclic) bond motifs is 5. The summed E-state index contributed by atoms with van der Waals surface area (Å²) in [4.78, 5) is 5.06. The van der Waals surface area contributed by atoms with Gasteiger partial charge < -0.3 is 0 Å². The molecule has 5 aromatic rings. The number of imidazole rings is 3. The summed E-state index contributed by atoms with van der Waals surface area (Å²) in [5, 5.41) is 0. The molecule has 3 aromatic heterocycles. The molecule has 130 valence electrons. The Bertz CT molecular complexity index is 1330. The first-order valence-electron chi connectivity index (χ1n) is 8.89. The summed E-state index contributed by atoms with van der Waals surface area (Å²) in [5.74, 6) is 2.06. The van der Waals surface area contributed by atoms with Crippen molar-refractivity contribution in [3.8, 4) is 5.95 Å². The van der Waals surface area contributed by atoms with E-state index in [1.165, 1.54) is 27.9 Å². The van der Waals surface area contributed by atoms with Crippen LogP contribution < -0.4 is 4.57 Å². The second-order valence-electron chi connectivity index (χ2n) is 7.21.